The third-order valence-electron chi connectivity index (χ3n) is 4.52. The van der Waals surface area contributed by atoms with Crippen LogP contribution in [0.1, 0.15) is 47.2 Å². The van der Waals surface area contributed by atoms with Crippen LogP contribution in [0.15, 0.2) is 22.6 Å². The normalized spacial score (nSPS) is 17.4. The number of likely N-dealkylation sites (tertiary alicyclic amines) is 1. The van der Waals surface area contributed by atoms with E-state index >= 15 is 0 Å². The van der Waals surface area contributed by atoms with Crippen molar-refractivity contribution in [1.29, 1.82) is 0 Å². The fourth-order valence-electron chi connectivity index (χ4n) is 3.06. The molecule has 1 aliphatic rings. The van der Waals surface area contributed by atoms with Gasteiger partial charge in [-0.2, -0.15) is 13.2 Å². The molecule has 1 aromatic heterocycles. The third kappa shape index (κ3) is 3.77. The number of nitrogens with zero attached hydrogens (tertiary/aromatic N) is 3. The third-order valence-corrected chi connectivity index (χ3v) is 4.52. The van der Waals surface area contributed by atoms with Gasteiger partial charge in [-0.05, 0) is 50.9 Å². The summed E-state index contributed by atoms with van der Waals surface area (Å²) in [6.07, 6.45) is -3.12. The number of alkyl halides is 3. The molecular weight excluding hydrogens is 319 g/mol. The highest BCUT2D eigenvalue weighted by molar-refractivity contribution is 5.30. The number of aromatic nitrogens is 2. The van der Waals surface area contributed by atoms with Gasteiger partial charge >= 0.3 is 12.1 Å². The van der Waals surface area contributed by atoms with Gasteiger partial charge in [0.15, 0.2) is 0 Å². The van der Waals surface area contributed by atoms with Crippen LogP contribution < -0.4 is 0 Å². The fourth-order valence-corrected chi connectivity index (χ4v) is 3.06. The summed E-state index contributed by atoms with van der Waals surface area (Å²) in [5, 5.41) is 6.70. The van der Waals surface area contributed by atoms with E-state index < -0.39 is 12.1 Å². The van der Waals surface area contributed by atoms with E-state index in [2.05, 4.69) is 47.1 Å². The lowest BCUT2D eigenvalue weighted by Crippen LogP contribution is -2.32. The average molecular weight is 339 g/mol. The molecule has 7 heteroatoms. The van der Waals surface area contributed by atoms with E-state index in [1.165, 1.54) is 16.7 Å². The van der Waals surface area contributed by atoms with Crippen LogP contribution in [0.5, 0.6) is 0 Å². The molecule has 0 radical (unpaired) electrons. The van der Waals surface area contributed by atoms with Crippen LogP contribution in [-0.4, -0.2) is 28.2 Å². The molecule has 4 nitrogen and oxygen atoms in total. The molecule has 0 atom stereocenters. The van der Waals surface area contributed by atoms with Gasteiger partial charge in [0.1, 0.15) is 0 Å². The molecule has 0 unspecified atom stereocenters. The molecule has 0 N–H and O–H groups in total. The number of rotatable bonds is 3. The molecule has 0 aliphatic carbocycles. The van der Waals surface area contributed by atoms with E-state index in [-0.39, 0.29) is 11.8 Å². The highest BCUT2D eigenvalue weighted by Crippen LogP contribution is 2.32. The Labute approximate surface area is 138 Å². The molecule has 1 fully saturated rings. The number of hydrogen-bond donors (Lipinski definition) is 0. The Morgan fingerprint density at radius 3 is 2.50 bits per heavy atom. The van der Waals surface area contributed by atoms with Crippen LogP contribution in [-0.2, 0) is 12.7 Å². The van der Waals surface area contributed by atoms with Crippen molar-refractivity contribution in [2.75, 3.05) is 13.1 Å². The van der Waals surface area contributed by atoms with Gasteiger partial charge in [-0.1, -0.05) is 23.8 Å². The summed E-state index contributed by atoms with van der Waals surface area (Å²) in [4.78, 5) is 2.32. The van der Waals surface area contributed by atoms with Gasteiger partial charge in [0.2, 0.25) is 5.89 Å². The van der Waals surface area contributed by atoms with Crippen LogP contribution in [0.25, 0.3) is 0 Å². The largest absolute Gasteiger partial charge is 0.470 e. The molecule has 2 heterocycles. The van der Waals surface area contributed by atoms with Crippen LogP contribution in [0.2, 0.25) is 0 Å². The quantitative estimate of drug-likeness (QED) is 0.845. The van der Waals surface area contributed by atoms with E-state index in [1.54, 1.807) is 0 Å². The van der Waals surface area contributed by atoms with Crippen LogP contribution in [0.4, 0.5) is 13.2 Å². The van der Waals surface area contributed by atoms with E-state index in [4.69, 9.17) is 4.42 Å². The standard InChI is InChI=1S/C17H20F3N3O/c1-11-3-4-12(2)14(9-11)10-23-7-5-13(6-8-23)15-21-22-16(24-15)17(18,19)20/h3-4,9,13H,5-8,10H2,1-2H3. The van der Waals surface area contributed by atoms with Crippen LogP contribution in [0, 0.1) is 13.8 Å². The minimum atomic E-state index is -4.57. The number of halogens is 3. The van der Waals surface area contributed by atoms with Crippen molar-refractivity contribution < 1.29 is 17.6 Å². The number of hydrogen-bond acceptors (Lipinski definition) is 4. The van der Waals surface area contributed by atoms with Gasteiger partial charge in [-0.25, -0.2) is 0 Å². The monoisotopic (exact) mass is 339 g/mol. The maximum absolute atomic E-state index is 12.5. The lowest BCUT2D eigenvalue weighted by Gasteiger charge is -2.30. The molecule has 0 saturated carbocycles. The molecule has 0 amide bonds. The van der Waals surface area contributed by atoms with E-state index in [0.717, 1.165) is 32.5 Å². The van der Waals surface area contributed by atoms with Gasteiger partial charge in [0, 0.05) is 12.5 Å². The SMILES string of the molecule is Cc1ccc(C)c(CN2CCC(c3nnc(C(F)(F)F)o3)CC2)c1. The molecular formula is C17H20F3N3O. The van der Waals surface area contributed by atoms with E-state index in [9.17, 15) is 13.2 Å². The molecule has 24 heavy (non-hydrogen) atoms. The first kappa shape index (κ1) is 17.0. The first-order valence-electron chi connectivity index (χ1n) is 8.02. The Hall–Kier alpha value is -1.89. The second-order valence-corrected chi connectivity index (χ2v) is 6.42. The highest BCUT2D eigenvalue weighted by atomic mass is 19.4. The molecule has 2 aromatic rings. The molecule has 0 bridgehead atoms. The number of aryl methyl sites for hydroxylation is 2. The predicted octanol–water partition coefficient (Wildman–Crippen LogP) is 4.08. The minimum absolute atomic E-state index is 0.0940. The lowest BCUT2D eigenvalue weighted by atomic mass is 9.96. The highest BCUT2D eigenvalue weighted by Gasteiger charge is 2.39. The minimum Gasteiger partial charge on any atom is -0.417 e. The maximum Gasteiger partial charge on any atom is 0.470 e. The summed E-state index contributed by atoms with van der Waals surface area (Å²) in [5.74, 6) is -1.24. The number of piperidine rings is 1. The van der Waals surface area contributed by atoms with Crippen molar-refractivity contribution >= 4 is 0 Å². The van der Waals surface area contributed by atoms with Crippen molar-refractivity contribution in [2.45, 2.75) is 45.3 Å². The van der Waals surface area contributed by atoms with Crippen molar-refractivity contribution in [3.8, 4) is 0 Å². The molecule has 130 valence electrons. The van der Waals surface area contributed by atoms with Crippen molar-refractivity contribution in [2.24, 2.45) is 0 Å². The van der Waals surface area contributed by atoms with E-state index in [1.807, 2.05) is 0 Å². The summed E-state index contributed by atoms with van der Waals surface area (Å²) in [5.41, 5.74) is 3.79. The Morgan fingerprint density at radius 2 is 1.88 bits per heavy atom. The zero-order valence-corrected chi connectivity index (χ0v) is 13.7. The Bertz CT molecular complexity index is 703. The fraction of sp³-hybridized carbons (Fsp3) is 0.529. The summed E-state index contributed by atoms with van der Waals surface area (Å²) < 4.78 is 42.4. The van der Waals surface area contributed by atoms with Crippen LogP contribution >= 0.6 is 0 Å². The first-order valence-corrected chi connectivity index (χ1v) is 8.02. The Morgan fingerprint density at radius 1 is 1.17 bits per heavy atom. The average Bonchev–Trinajstić information content (AvgIpc) is 3.02. The molecule has 3 rings (SSSR count). The van der Waals surface area contributed by atoms with Gasteiger partial charge in [-0.15, -0.1) is 10.2 Å². The van der Waals surface area contributed by atoms with E-state index in [0.29, 0.717) is 0 Å². The number of benzene rings is 1. The molecule has 0 spiro atoms. The molecule has 1 aromatic carbocycles. The second-order valence-electron chi connectivity index (χ2n) is 6.42. The Balaban J connectivity index is 1.60. The molecule has 1 saturated heterocycles. The van der Waals surface area contributed by atoms with Gasteiger partial charge in [0.25, 0.3) is 0 Å². The van der Waals surface area contributed by atoms with Crippen molar-refractivity contribution in [3.05, 3.63) is 46.7 Å². The summed E-state index contributed by atoms with van der Waals surface area (Å²) in [6, 6.07) is 6.41. The van der Waals surface area contributed by atoms with Gasteiger partial charge in [-0.3, -0.25) is 4.90 Å². The zero-order chi connectivity index (χ0) is 17.3. The maximum atomic E-state index is 12.5. The smallest absolute Gasteiger partial charge is 0.417 e. The van der Waals surface area contributed by atoms with Gasteiger partial charge < -0.3 is 4.42 Å². The topological polar surface area (TPSA) is 42.2 Å². The summed E-state index contributed by atoms with van der Waals surface area (Å²) >= 11 is 0. The second kappa shape index (κ2) is 6.55. The van der Waals surface area contributed by atoms with Gasteiger partial charge in [0.05, 0.1) is 0 Å². The predicted molar refractivity (Wildman–Crippen MR) is 82.5 cm³/mol. The zero-order valence-electron chi connectivity index (χ0n) is 13.7. The summed E-state index contributed by atoms with van der Waals surface area (Å²) in [7, 11) is 0. The Kier molecular flexibility index (Phi) is 4.62. The molecule has 1 aliphatic heterocycles. The lowest BCUT2D eigenvalue weighted by molar-refractivity contribution is -0.157. The van der Waals surface area contributed by atoms with Crippen molar-refractivity contribution in [1.82, 2.24) is 15.1 Å². The van der Waals surface area contributed by atoms with Crippen LogP contribution in [0.3, 0.4) is 0 Å². The summed E-state index contributed by atoms with van der Waals surface area (Å²) in [6.45, 7) is 6.64. The van der Waals surface area contributed by atoms with Crippen molar-refractivity contribution in [3.63, 3.8) is 0 Å². The first-order chi connectivity index (χ1) is 11.3.